The summed E-state index contributed by atoms with van der Waals surface area (Å²) in [5.41, 5.74) is 1.50. The topological polar surface area (TPSA) is 12.0 Å². The van der Waals surface area contributed by atoms with Gasteiger partial charge in [-0.2, -0.15) is 0 Å². The van der Waals surface area contributed by atoms with Gasteiger partial charge in [0, 0.05) is 6.04 Å². The Labute approximate surface area is 80.2 Å². The highest BCUT2D eigenvalue weighted by Gasteiger charge is 2.30. The molecule has 1 unspecified atom stereocenters. The molecule has 1 aliphatic rings. The quantitative estimate of drug-likeness (QED) is 0.744. The molecule has 1 fully saturated rings. The fourth-order valence-corrected chi connectivity index (χ4v) is 2.11. The molecule has 2 rings (SSSR count). The Morgan fingerprint density at radius 2 is 2.00 bits per heavy atom. The van der Waals surface area contributed by atoms with Gasteiger partial charge in [-0.15, -0.1) is 0 Å². The van der Waals surface area contributed by atoms with Gasteiger partial charge in [-0.1, -0.05) is 37.3 Å². The number of benzene rings is 1. The molecular weight excluding hydrogens is 158 g/mol. The van der Waals surface area contributed by atoms with E-state index in [0.717, 1.165) is 18.5 Å². The number of nitrogens with one attached hydrogen (secondary N) is 1. The Morgan fingerprint density at radius 1 is 1.23 bits per heavy atom. The van der Waals surface area contributed by atoms with Gasteiger partial charge in [0.05, 0.1) is 0 Å². The molecule has 1 N–H and O–H groups in total. The van der Waals surface area contributed by atoms with Crippen molar-refractivity contribution in [2.75, 3.05) is 6.54 Å². The molecule has 1 aromatic rings. The molecule has 0 bridgehead atoms. The van der Waals surface area contributed by atoms with Crippen LogP contribution < -0.4 is 5.32 Å². The van der Waals surface area contributed by atoms with Crippen LogP contribution in [0.4, 0.5) is 0 Å². The smallest absolute Gasteiger partial charge is 0.0136 e. The summed E-state index contributed by atoms with van der Waals surface area (Å²) in [6.45, 7) is 3.27. The van der Waals surface area contributed by atoms with Crippen LogP contribution >= 0.6 is 0 Å². The zero-order valence-electron chi connectivity index (χ0n) is 8.16. The first kappa shape index (κ1) is 8.76. The van der Waals surface area contributed by atoms with Crippen molar-refractivity contribution < 1.29 is 0 Å². The Hall–Kier alpha value is -0.820. The van der Waals surface area contributed by atoms with E-state index in [1.54, 1.807) is 0 Å². The standard InChI is InChI=1S/C12H17N/c1-2-13-12-9-8-11(12)10-6-4-3-5-7-10/h3-7,11-13H,2,8-9H2,1H3/t11-,12?/m0/s1. The van der Waals surface area contributed by atoms with E-state index in [4.69, 9.17) is 0 Å². The molecule has 13 heavy (non-hydrogen) atoms. The Morgan fingerprint density at radius 3 is 2.54 bits per heavy atom. The maximum Gasteiger partial charge on any atom is 0.0136 e. The number of hydrogen-bond donors (Lipinski definition) is 1. The van der Waals surface area contributed by atoms with Gasteiger partial charge in [-0.3, -0.25) is 0 Å². The molecule has 0 spiro atoms. The minimum Gasteiger partial charge on any atom is -0.314 e. The second kappa shape index (κ2) is 3.93. The van der Waals surface area contributed by atoms with E-state index in [9.17, 15) is 0 Å². The van der Waals surface area contributed by atoms with Gasteiger partial charge in [0.25, 0.3) is 0 Å². The Bertz CT molecular complexity index is 255. The molecule has 0 radical (unpaired) electrons. The Kier molecular flexibility index (Phi) is 2.65. The van der Waals surface area contributed by atoms with Crippen LogP contribution in [0.1, 0.15) is 31.2 Å². The molecule has 0 heterocycles. The summed E-state index contributed by atoms with van der Waals surface area (Å²) < 4.78 is 0. The van der Waals surface area contributed by atoms with Crippen LogP contribution in [0.3, 0.4) is 0 Å². The second-order valence-electron chi connectivity index (χ2n) is 3.76. The first-order valence-corrected chi connectivity index (χ1v) is 5.20. The van der Waals surface area contributed by atoms with E-state index < -0.39 is 0 Å². The van der Waals surface area contributed by atoms with Gasteiger partial charge in [0.15, 0.2) is 0 Å². The molecular formula is C12H17N. The zero-order valence-corrected chi connectivity index (χ0v) is 8.16. The molecule has 0 aromatic heterocycles. The van der Waals surface area contributed by atoms with E-state index in [1.807, 2.05) is 0 Å². The highest BCUT2D eigenvalue weighted by Crippen LogP contribution is 2.36. The Balaban J connectivity index is 2.02. The predicted octanol–water partition coefficient (Wildman–Crippen LogP) is 2.54. The van der Waals surface area contributed by atoms with Crippen LogP contribution in [0, 0.1) is 0 Å². The van der Waals surface area contributed by atoms with Crippen molar-refractivity contribution in [3.05, 3.63) is 35.9 Å². The summed E-state index contributed by atoms with van der Waals surface area (Å²) in [5.74, 6) is 0.765. The molecule has 0 saturated heterocycles. The van der Waals surface area contributed by atoms with Gasteiger partial charge in [-0.05, 0) is 30.9 Å². The number of rotatable bonds is 3. The molecule has 1 aliphatic carbocycles. The predicted molar refractivity (Wildman–Crippen MR) is 55.9 cm³/mol. The van der Waals surface area contributed by atoms with E-state index in [0.29, 0.717) is 0 Å². The van der Waals surface area contributed by atoms with Crippen molar-refractivity contribution >= 4 is 0 Å². The first-order chi connectivity index (χ1) is 6.42. The molecule has 1 nitrogen and oxygen atoms in total. The van der Waals surface area contributed by atoms with Crippen molar-refractivity contribution in [3.8, 4) is 0 Å². The number of likely N-dealkylation sites (N-methyl/N-ethyl adjacent to an activating group) is 1. The highest BCUT2D eigenvalue weighted by molar-refractivity contribution is 5.23. The monoisotopic (exact) mass is 175 g/mol. The van der Waals surface area contributed by atoms with Crippen molar-refractivity contribution in [3.63, 3.8) is 0 Å². The lowest BCUT2D eigenvalue weighted by molar-refractivity contribution is 0.289. The van der Waals surface area contributed by atoms with Crippen molar-refractivity contribution in [2.24, 2.45) is 0 Å². The van der Waals surface area contributed by atoms with Gasteiger partial charge >= 0.3 is 0 Å². The number of hydrogen-bond acceptors (Lipinski definition) is 1. The second-order valence-corrected chi connectivity index (χ2v) is 3.76. The fraction of sp³-hybridized carbons (Fsp3) is 0.500. The maximum atomic E-state index is 3.53. The lowest BCUT2D eigenvalue weighted by atomic mass is 9.75. The van der Waals surface area contributed by atoms with Crippen LogP contribution in [0.15, 0.2) is 30.3 Å². The largest absolute Gasteiger partial charge is 0.314 e. The molecule has 1 aromatic carbocycles. The van der Waals surface area contributed by atoms with E-state index in [2.05, 4.69) is 42.6 Å². The average molecular weight is 175 g/mol. The lowest BCUT2D eigenvalue weighted by Crippen LogP contribution is -2.42. The average Bonchev–Trinajstić information content (AvgIpc) is 2.14. The summed E-state index contributed by atoms with van der Waals surface area (Å²) in [5, 5.41) is 3.53. The minimum absolute atomic E-state index is 0.729. The van der Waals surface area contributed by atoms with Crippen LogP contribution in [-0.4, -0.2) is 12.6 Å². The summed E-state index contributed by atoms with van der Waals surface area (Å²) >= 11 is 0. The normalized spacial score (nSPS) is 26.8. The van der Waals surface area contributed by atoms with Crippen LogP contribution in [0.2, 0.25) is 0 Å². The molecule has 1 saturated carbocycles. The maximum absolute atomic E-state index is 3.53. The van der Waals surface area contributed by atoms with Gasteiger partial charge in [0.2, 0.25) is 0 Å². The third-order valence-electron chi connectivity index (χ3n) is 2.97. The van der Waals surface area contributed by atoms with E-state index >= 15 is 0 Å². The fourth-order valence-electron chi connectivity index (χ4n) is 2.11. The van der Waals surface area contributed by atoms with E-state index in [-0.39, 0.29) is 0 Å². The molecule has 1 heteroatoms. The zero-order chi connectivity index (χ0) is 9.10. The molecule has 2 atom stereocenters. The third-order valence-corrected chi connectivity index (χ3v) is 2.97. The van der Waals surface area contributed by atoms with Crippen LogP contribution in [-0.2, 0) is 0 Å². The summed E-state index contributed by atoms with van der Waals surface area (Å²) in [7, 11) is 0. The molecule has 70 valence electrons. The van der Waals surface area contributed by atoms with Crippen molar-refractivity contribution in [1.82, 2.24) is 5.32 Å². The van der Waals surface area contributed by atoms with Crippen LogP contribution in [0.25, 0.3) is 0 Å². The summed E-state index contributed by atoms with van der Waals surface area (Å²) in [4.78, 5) is 0. The first-order valence-electron chi connectivity index (χ1n) is 5.20. The third kappa shape index (κ3) is 1.75. The summed E-state index contributed by atoms with van der Waals surface area (Å²) in [6, 6.07) is 11.6. The van der Waals surface area contributed by atoms with Crippen LogP contribution in [0.5, 0.6) is 0 Å². The van der Waals surface area contributed by atoms with E-state index in [1.165, 1.54) is 18.4 Å². The van der Waals surface area contributed by atoms with Crippen molar-refractivity contribution in [2.45, 2.75) is 31.7 Å². The minimum atomic E-state index is 0.729. The van der Waals surface area contributed by atoms with Crippen molar-refractivity contribution in [1.29, 1.82) is 0 Å². The lowest BCUT2D eigenvalue weighted by Gasteiger charge is -2.37. The SMILES string of the molecule is CCNC1CC[C@H]1c1ccccc1. The molecule has 0 aliphatic heterocycles. The van der Waals surface area contributed by atoms with Gasteiger partial charge < -0.3 is 5.32 Å². The molecule has 0 amide bonds. The summed E-state index contributed by atoms with van der Waals surface area (Å²) in [6.07, 6.45) is 2.69. The van der Waals surface area contributed by atoms with Gasteiger partial charge in [-0.25, -0.2) is 0 Å². The highest BCUT2D eigenvalue weighted by atomic mass is 14.9. The van der Waals surface area contributed by atoms with Gasteiger partial charge in [0.1, 0.15) is 0 Å².